The van der Waals surface area contributed by atoms with E-state index >= 15 is 0 Å². The molecule has 1 N–H and O–H groups in total. The molecule has 0 radical (unpaired) electrons. The van der Waals surface area contributed by atoms with Crippen LogP contribution in [-0.2, 0) is 10.1 Å². The van der Waals surface area contributed by atoms with Gasteiger partial charge in [-0.05, 0) is 117 Å². The number of aromatic nitrogens is 1. The van der Waals surface area contributed by atoms with Crippen LogP contribution in [0.2, 0.25) is 0 Å². The van der Waals surface area contributed by atoms with E-state index in [-0.39, 0.29) is 4.90 Å². The molecular weight excluding hydrogens is 575 g/mol. The van der Waals surface area contributed by atoms with Gasteiger partial charge in [0.05, 0.1) is 4.90 Å². The summed E-state index contributed by atoms with van der Waals surface area (Å²) in [4.78, 5) is -0.0666. The number of fused-ring (bicyclic) bond motifs is 5. The van der Waals surface area contributed by atoms with Crippen molar-refractivity contribution in [3.05, 3.63) is 71.6 Å². The summed E-state index contributed by atoms with van der Waals surface area (Å²) in [6.45, 7) is 16.9. The third-order valence-electron chi connectivity index (χ3n) is 13.0. The average Bonchev–Trinajstić information content (AvgIpc) is 3.34. The Bertz CT molecular complexity index is 1450. The molecule has 1 heterocycles. The molecule has 4 aliphatic carbocycles. The SMILES string of the molecule is Cc1ccc(S(=O)(=O)O)cc1.Cc1ccc[n+](C2CCC3(C)C(=CCC4C3CCC3(C)C(C(C)CCCC(C)C)CCC43)C2)c1. The second-order valence-electron chi connectivity index (χ2n) is 16.3. The summed E-state index contributed by atoms with van der Waals surface area (Å²) in [5, 5.41) is 0. The summed E-state index contributed by atoms with van der Waals surface area (Å²) in [5.74, 6) is 5.60. The van der Waals surface area contributed by atoms with E-state index in [1.54, 1.807) is 12.1 Å². The fraction of sp³-hybridized carbons (Fsp3) is 0.675. The van der Waals surface area contributed by atoms with Gasteiger partial charge in [0.15, 0.2) is 18.4 Å². The fourth-order valence-electron chi connectivity index (χ4n) is 10.5. The molecule has 45 heavy (non-hydrogen) atoms. The van der Waals surface area contributed by atoms with Gasteiger partial charge in [-0.2, -0.15) is 8.42 Å². The number of pyridine rings is 1. The first-order valence-corrected chi connectivity index (χ1v) is 19.4. The number of nitrogens with zero attached hydrogens (tertiary/aromatic N) is 1. The van der Waals surface area contributed by atoms with Crippen LogP contribution in [0.25, 0.3) is 0 Å². The van der Waals surface area contributed by atoms with Crippen LogP contribution in [0, 0.1) is 60.2 Å². The number of benzene rings is 1. The molecule has 6 rings (SSSR count). The van der Waals surface area contributed by atoms with Crippen molar-refractivity contribution < 1.29 is 17.5 Å². The standard InChI is InChI=1S/C33H52N.C7H8O3S/c1-23(2)9-7-11-25(4)29-14-15-30-28-13-12-26-21-27(34-20-8-10-24(3)22-34)16-18-32(26,5)31(28)17-19-33(29,30)6;1-6-2-4-7(5-3-6)11(8,9)10/h8,10,12,20,22-23,25,27-31H,7,9,11,13-19,21H2,1-6H3;2-5H,1H3,(H,8,9,10)/q+1;. The zero-order chi connectivity index (χ0) is 32.6. The summed E-state index contributed by atoms with van der Waals surface area (Å²) in [5.41, 5.74) is 5.23. The van der Waals surface area contributed by atoms with E-state index in [1.165, 1.54) is 88.3 Å². The Morgan fingerprint density at radius 1 is 0.911 bits per heavy atom. The van der Waals surface area contributed by atoms with Gasteiger partial charge in [-0.1, -0.05) is 83.2 Å². The van der Waals surface area contributed by atoms with Gasteiger partial charge < -0.3 is 0 Å². The van der Waals surface area contributed by atoms with E-state index in [2.05, 4.69) is 76.7 Å². The summed E-state index contributed by atoms with van der Waals surface area (Å²) in [6.07, 6.45) is 23.1. The molecule has 4 nitrogen and oxygen atoms in total. The van der Waals surface area contributed by atoms with Crippen molar-refractivity contribution >= 4 is 10.1 Å². The van der Waals surface area contributed by atoms with Crippen LogP contribution in [0.3, 0.4) is 0 Å². The summed E-state index contributed by atoms with van der Waals surface area (Å²) < 4.78 is 32.1. The van der Waals surface area contributed by atoms with Crippen molar-refractivity contribution in [2.75, 3.05) is 0 Å². The average molecular weight is 635 g/mol. The van der Waals surface area contributed by atoms with Gasteiger partial charge in [-0.3, -0.25) is 4.55 Å². The third kappa shape index (κ3) is 7.30. The first-order valence-electron chi connectivity index (χ1n) is 17.9. The zero-order valence-corrected chi connectivity index (χ0v) is 30.0. The molecular formula is C40H60NO3S+. The Morgan fingerprint density at radius 2 is 1.64 bits per heavy atom. The Kier molecular flexibility index (Phi) is 10.4. The third-order valence-corrected chi connectivity index (χ3v) is 13.9. The van der Waals surface area contributed by atoms with Crippen molar-refractivity contribution in [3.8, 4) is 0 Å². The highest BCUT2D eigenvalue weighted by Gasteiger charge is 2.59. The first kappa shape index (κ1) is 34.4. The van der Waals surface area contributed by atoms with Crippen LogP contribution in [0.15, 0.2) is 65.3 Å². The number of hydrogen-bond acceptors (Lipinski definition) is 2. The van der Waals surface area contributed by atoms with Gasteiger partial charge in [-0.25, -0.2) is 4.57 Å². The van der Waals surface area contributed by atoms with Crippen molar-refractivity contribution in [1.29, 1.82) is 0 Å². The Hall–Kier alpha value is -1.98. The number of hydrogen-bond donors (Lipinski definition) is 1. The van der Waals surface area contributed by atoms with Crippen molar-refractivity contribution in [2.24, 2.45) is 46.3 Å². The second-order valence-corrected chi connectivity index (χ2v) is 17.7. The van der Waals surface area contributed by atoms with E-state index in [1.807, 2.05) is 12.5 Å². The van der Waals surface area contributed by atoms with E-state index in [0.29, 0.717) is 16.9 Å². The summed E-state index contributed by atoms with van der Waals surface area (Å²) >= 11 is 0. The zero-order valence-electron chi connectivity index (χ0n) is 29.1. The molecule has 0 bridgehead atoms. The quantitative estimate of drug-likeness (QED) is 0.187. The molecule has 0 spiro atoms. The Balaban J connectivity index is 0.000000309. The molecule has 8 unspecified atom stereocenters. The van der Waals surface area contributed by atoms with E-state index in [9.17, 15) is 8.42 Å². The minimum atomic E-state index is -4.02. The van der Waals surface area contributed by atoms with Crippen molar-refractivity contribution in [2.45, 2.75) is 130 Å². The van der Waals surface area contributed by atoms with Gasteiger partial charge in [-0.15, -0.1) is 0 Å². The van der Waals surface area contributed by atoms with Gasteiger partial charge in [0.25, 0.3) is 10.1 Å². The molecule has 1 aromatic heterocycles. The molecule has 2 aromatic rings. The first-order chi connectivity index (χ1) is 21.2. The minimum absolute atomic E-state index is 0.0666. The highest BCUT2D eigenvalue weighted by Crippen LogP contribution is 2.67. The molecule has 5 heteroatoms. The van der Waals surface area contributed by atoms with E-state index in [0.717, 1.165) is 41.1 Å². The molecule has 1 aromatic carbocycles. The highest BCUT2D eigenvalue weighted by molar-refractivity contribution is 7.85. The van der Waals surface area contributed by atoms with Crippen molar-refractivity contribution in [1.82, 2.24) is 0 Å². The number of aryl methyl sites for hydroxylation is 2. The predicted octanol–water partition coefficient (Wildman–Crippen LogP) is 10.1. The molecule has 4 aliphatic rings. The normalized spacial score (nSPS) is 33.3. The smallest absolute Gasteiger partial charge is 0.282 e. The predicted molar refractivity (Wildman–Crippen MR) is 184 cm³/mol. The van der Waals surface area contributed by atoms with Gasteiger partial charge >= 0.3 is 0 Å². The lowest BCUT2D eigenvalue weighted by molar-refractivity contribution is -0.725. The highest BCUT2D eigenvalue weighted by atomic mass is 32.2. The maximum atomic E-state index is 10.5. The topological polar surface area (TPSA) is 58.3 Å². The molecule has 248 valence electrons. The van der Waals surface area contributed by atoms with Crippen LogP contribution >= 0.6 is 0 Å². The molecule has 3 saturated carbocycles. The second kappa shape index (κ2) is 13.6. The lowest BCUT2D eigenvalue weighted by Gasteiger charge is -2.58. The van der Waals surface area contributed by atoms with Crippen LogP contribution in [0.5, 0.6) is 0 Å². The Labute approximate surface area is 274 Å². The fourth-order valence-corrected chi connectivity index (χ4v) is 11.0. The lowest BCUT2D eigenvalue weighted by atomic mass is 9.47. The maximum absolute atomic E-state index is 10.5. The maximum Gasteiger partial charge on any atom is 0.294 e. The van der Waals surface area contributed by atoms with E-state index in [4.69, 9.17) is 4.55 Å². The van der Waals surface area contributed by atoms with Crippen LogP contribution in [0.1, 0.15) is 122 Å². The Morgan fingerprint density at radius 3 is 2.31 bits per heavy atom. The molecule has 8 atom stereocenters. The number of allylic oxidation sites excluding steroid dienone is 2. The van der Waals surface area contributed by atoms with Crippen molar-refractivity contribution in [3.63, 3.8) is 0 Å². The lowest BCUT2D eigenvalue weighted by Crippen LogP contribution is -2.52. The van der Waals surface area contributed by atoms with E-state index < -0.39 is 10.1 Å². The summed E-state index contributed by atoms with van der Waals surface area (Å²) in [6, 6.07) is 11.1. The van der Waals surface area contributed by atoms with Gasteiger partial charge in [0.1, 0.15) is 0 Å². The molecule has 0 amide bonds. The molecule has 0 saturated heterocycles. The van der Waals surface area contributed by atoms with Gasteiger partial charge in [0.2, 0.25) is 0 Å². The minimum Gasteiger partial charge on any atom is -0.282 e. The van der Waals surface area contributed by atoms with Crippen LogP contribution in [0.4, 0.5) is 0 Å². The number of rotatable bonds is 7. The van der Waals surface area contributed by atoms with Gasteiger partial charge in [0, 0.05) is 24.5 Å². The summed E-state index contributed by atoms with van der Waals surface area (Å²) in [7, 11) is -4.02. The molecule has 0 aliphatic heterocycles. The van der Waals surface area contributed by atoms with Crippen LogP contribution in [-0.4, -0.2) is 13.0 Å². The monoisotopic (exact) mass is 634 g/mol. The van der Waals surface area contributed by atoms with Crippen LogP contribution < -0.4 is 4.57 Å². The largest absolute Gasteiger partial charge is 0.294 e. The molecule has 3 fully saturated rings.